The highest BCUT2D eigenvalue weighted by atomic mass is 32.2. The minimum atomic E-state index is -3.90. The van der Waals surface area contributed by atoms with Gasteiger partial charge in [0.1, 0.15) is 10.7 Å². The molecule has 1 aliphatic rings. The number of halogens is 1. The molecule has 1 aliphatic heterocycles. The largest absolute Gasteiger partial charge is 0.355 e. The minimum absolute atomic E-state index is 0.128. The van der Waals surface area contributed by atoms with Gasteiger partial charge in [-0.25, -0.2) is 12.8 Å². The molecule has 1 fully saturated rings. The van der Waals surface area contributed by atoms with E-state index in [0.29, 0.717) is 19.0 Å². The number of amides is 1. The Hall–Kier alpha value is -1.47. The number of benzene rings is 1. The molecule has 0 bridgehead atoms. The molecule has 1 amide bonds. The van der Waals surface area contributed by atoms with Crippen molar-refractivity contribution in [3.8, 4) is 0 Å². The van der Waals surface area contributed by atoms with E-state index in [1.165, 1.54) is 17.4 Å². The van der Waals surface area contributed by atoms with E-state index in [2.05, 4.69) is 12.2 Å². The highest BCUT2D eigenvalue weighted by molar-refractivity contribution is 7.89. The SMILES string of the molecule is CNC(=O)c1ccc(F)c(S(=O)(=O)N2CCC(C)CC2)c1. The van der Waals surface area contributed by atoms with Crippen LogP contribution in [0.25, 0.3) is 0 Å². The Morgan fingerprint density at radius 3 is 2.52 bits per heavy atom. The van der Waals surface area contributed by atoms with Crippen LogP contribution in [0.15, 0.2) is 23.1 Å². The first kappa shape index (κ1) is 15.9. The van der Waals surface area contributed by atoms with E-state index in [1.54, 1.807) is 0 Å². The summed E-state index contributed by atoms with van der Waals surface area (Å²) in [5.74, 6) is -0.807. The quantitative estimate of drug-likeness (QED) is 0.921. The fourth-order valence-corrected chi connectivity index (χ4v) is 3.91. The van der Waals surface area contributed by atoms with Gasteiger partial charge in [0.2, 0.25) is 10.0 Å². The fraction of sp³-hybridized carbons (Fsp3) is 0.500. The molecule has 0 atom stereocenters. The lowest BCUT2D eigenvalue weighted by atomic mass is 10.0. The molecule has 116 valence electrons. The van der Waals surface area contributed by atoms with Crippen LogP contribution in [-0.2, 0) is 10.0 Å². The Balaban J connectivity index is 2.37. The molecule has 5 nitrogen and oxygen atoms in total. The topological polar surface area (TPSA) is 66.5 Å². The van der Waals surface area contributed by atoms with Crippen molar-refractivity contribution in [2.45, 2.75) is 24.7 Å². The second-order valence-electron chi connectivity index (χ2n) is 5.31. The highest BCUT2D eigenvalue weighted by Gasteiger charge is 2.30. The second kappa shape index (κ2) is 6.11. The molecule has 0 radical (unpaired) electrons. The lowest BCUT2D eigenvalue weighted by Crippen LogP contribution is -2.38. The van der Waals surface area contributed by atoms with E-state index in [9.17, 15) is 17.6 Å². The Kier molecular flexibility index (Phi) is 4.63. The molecular formula is C14H19FN2O3S. The van der Waals surface area contributed by atoms with Crippen LogP contribution in [0.3, 0.4) is 0 Å². The third-order valence-electron chi connectivity index (χ3n) is 3.78. The van der Waals surface area contributed by atoms with Crippen LogP contribution in [0.4, 0.5) is 4.39 Å². The van der Waals surface area contributed by atoms with Gasteiger partial charge < -0.3 is 5.32 Å². The molecule has 21 heavy (non-hydrogen) atoms. The van der Waals surface area contributed by atoms with E-state index in [1.807, 2.05) is 0 Å². The number of piperidine rings is 1. The van der Waals surface area contributed by atoms with Gasteiger partial charge in [0.25, 0.3) is 5.91 Å². The van der Waals surface area contributed by atoms with Crippen molar-refractivity contribution in [1.29, 1.82) is 0 Å². The normalized spacial score (nSPS) is 17.7. The predicted molar refractivity (Wildman–Crippen MR) is 76.9 cm³/mol. The molecule has 1 N–H and O–H groups in total. The Bertz CT molecular complexity index is 638. The predicted octanol–water partition coefficient (Wildman–Crippen LogP) is 1.61. The maximum Gasteiger partial charge on any atom is 0.251 e. The van der Waals surface area contributed by atoms with Crippen molar-refractivity contribution in [3.63, 3.8) is 0 Å². The minimum Gasteiger partial charge on any atom is -0.355 e. The third kappa shape index (κ3) is 3.24. The zero-order chi connectivity index (χ0) is 15.6. The van der Waals surface area contributed by atoms with E-state index < -0.39 is 26.6 Å². The number of sulfonamides is 1. The molecule has 1 aromatic carbocycles. The van der Waals surface area contributed by atoms with Crippen LogP contribution in [0, 0.1) is 11.7 Å². The smallest absolute Gasteiger partial charge is 0.251 e. The van der Waals surface area contributed by atoms with Crippen molar-refractivity contribution < 1.29 is 17.6 Å². The van der Waals surface area contributed by atoms with Gasteiger partial charge in [-0.2, -0.15) is 4.31 Å². The van der Waals surface area contributed by atoms with Gasteiger partial charge in [-0.1, -0.05) is 6.92 Å². The van der Waals surface area contributed by atoms with Crippen molar-refractivity contribution in [1.82, 2.24) is 9.62 Å². The molecule has 2 rings (SSSR count). The summed E-state index contributed by atoms with van der Waals surface area (Å²) < 4.78 is 40.3. The summed E-state index contributed by atoms with van der Waals surface area (Å²) in [6.45, 7) is 2.83. The summed E-state index contributed by atoms with van der Waals surface area (Å²) in [7, 11) is -2.47. The summed E-state index contributed by atoms with van der Waals surface area (Å²) in [5.41, 5.74) is 0.128. The molecule has 7 heteroatoms. The Morgan fingerprint density at radius 2 is 1.95 bits per heavy atom. The van der Waals surface area contributed by atoms with Crippen LogP contribution in [-0.4, -0.2) is 38.8 Å². The van der Waals surface area contributed by atoms with Crippen LogP contribution >= 0.6 is 0 Å². The highest BCUT2D eigenvalue weighted by Crippen LogP contribution is 2.25. The van der Waals surface area contributed by atoms with Crippen LogP contribution < -0.4 is 5.32 Å². The summed E-state index contributed by atoms with van der Waals surface area (Å²) in [6, 6.07) is 3.39. The van der Waals surface area contributed by atoms with E-state index in [0.717, 1.165) is 25.0 Å². The zero-order valence-corrected chi connectivity index (χ0v) is 12.9. The van der Waals surface area contributed by atoms with E-state index in [4.69, 9.17) is 0 Å². The van der Waals surface area contributed by atoms with Crippen LogP contribution in [0.2, 0.25) is 0 Å². The fourth-order valence-electron chi connectivity index (χ4n) is 2.35. The first-order valence-electron chi connectivity index (χ1n) is 6.88. The molecule has 0 aromatic heterocycles. The number of carbonyl (C=O) groups excluding carboxylic acids is 1. The summed E-state index contributed by atoms with van der Waals surface area (Å²) in [4.78, 5) is 11.1. The number of hydrogen-bond acceptors (Lipinski definition) is 3. The third-order valence-corrected chi connectivity index (χ3v) is 5.69. The van der Waals surface area contributed by atoms with Gasteiger partial charge in [-0.15, -0.1) is 0 Å². The van der Waals surface area contributed by atoms with Crippen molar-refractivity contribution in [3.05, 3.63) is 29.6 Å². The van der Waals surface area contributed by atoms with Crippen molar-refractivity contribution in [2.24, 2.45) is 5.92 Å². The Labute approximate surface area is 124 Å². The van der Waals surface area contributed by atoms with Gasteiger partial charge in [0.05, 0.1) is 0 Å². The summed E-state index contributed by atoms with van der Waals surface area (Å²) in [6.07, 6.45) is 1.52. The Morgan fingerprint density at radius 1 is 1.33 bits per heavy atom. The molecule has 0 unspecified atom stereocenters. The van der Waals surface area contributed by atoms with Gasteiger partial charge in [-0.3, -0.25) is 4.79 Å². The number of nitrogens with one attached hydrogen (secondary N) is 1. The average Bonchev–Trinajstić information content (AvgIpc) is 2.47. The first-order valence-corrected chi connectivity index (χ1v) is 8.32. The average molecular weight is 314 g/mol. The monoisotopic (exact) mass is 314 g/mol. The molecule has 1 saturated heterocycles. The van der Waals surface area contributed by atoms with Gasteiger partial charge >= 0.3 is 0 Å². The van der Waals surface area contributed by atoms with E-state index in [-0.39, 0.29) is 5.56 Å². The van der Waals surface area contributed by atoms with Crippen molar-refractivity contribution >= 4 is 15.9 Å². The summed E-state index contributed by atoms with van der Waals surface area (Å²) >= 11 is 0. The maximum atomic E-state index is 13.9. The van der Waals surface area contributed by atoms with Gasteiger partial charge in [-0.05, 0) is 37.0 Å². The maximum absolute atomic E-state index is 13.9. The second-order valence-corrected chi connectivity index (χ2v) is 7.22. The lowest BCUT2D eigenvalue weighted by Gasteiger charge is -2.29. The molecule has 0 aliphatic carbocycles. The summed E-state index contributed by atoms with van der Waals surface area (Å²) in [5, 5.41) is 2.39. The molecule has 1 aromatic rings. The number of carbonyl (C=O) groups is 1. The number of hydrogen-bond donors (Lipinski definition) is 1. The number of rotatable bonds is 3. The van der Waals surface area contributed by atoms with Crippen LogP contribution in [0.1, 0.15) is 30.1 Å². The lowest BCUT2D eigenvalue weighted by molar-refractivity contribution is 0.0963. The molecule has 1 heterocycles. The molecule has 0 spiro atoms. The molecule has 0 saturated carbocycles. The van der Waals surface area contributed by atoms with Gasteiger partial charge in [0.15, 0.2) is 0 Å². The zero-order valence-electron chi connectivity index (χ0n) is 12.1. The van der Waals surface area contributed by atoms with E-state index >= 15 is 0 Å². The molecular weight excluding hydrogens is 295 g/mol. The van der Waals surface area contributed by atoms with Crippen LogP contribution in [0.5, 0.6) is 0 Å². The standard InChI is InChI=1S/C14H19FN2O3S/c1-10-5-7-17(8-6-10)21(19,20)13-9-11(14(18)16-2)3-4-12(13)15/h3-4,9-10H,5-8H2,1-2H3,(H,16,18). The number of nitrogens with zero attached hydrogens (tertiary/aromatic N) is 1. The first-order chi connectivity index (χ1) is 9.86. The van der Waals surface area contributed by atoms with Crippen molar-refractivity contribution in [2.75, 3.05) is 20.1 Å². The van der Waals surface area contributed by atoms with Gasteiger partial charge in [0, 0.05) is 25.7 Å².